The lowest BCUT2D eigenvalue weighted by Crippen LogP contribution is -2.65. The fourth-order valence-corrected chi connectivity index (χ4v) is 11.4. The number of aliphatic hydroxyl groups is 1. The van der Waals surface area contributed by atoms with E-state index in [1.54, 1.807) is 27.7 Å². The molecule has 6 aliphatic rings. The lowest BCUT2D eigenvalue weighted by atomic mass is 9.47. The van der Waals surface area contributed by atoms with Crippen molar-refractivity contribution < 1.29 is 43.7 Å². The van der Waals surface area contributed by atoms with E-state index in [1.165, 1.54) is 0 Å². The van der Waals surface area contributed by atoms with E-state index in [9.17, 15) is 29.4 Å². The van der Waals surface area contributed by atoms with Gasteiger partial charge in [0.25, 0.3) is 0 Å². The first-order valence-electron chi connectivity index (χ1n) is 17.8. The Kier molecular flexibility index (Phi) is 6.84. The summed E-state index contributed by atoms with van der Waals surface area (Å²) in [5.41, 5.74) is -3.14. The molecule has 0 radical (unpaired) electrons. The third-order valence-corrected chi connectivity index (χ3v) is 13.1. The largest absolute Gasteiger partial charge is 0.507 e. The van der Waals surface area contributed by atoms with E-state index in [-0.39, 0.29) is 45.1 Å². The summed E-state index contributed by atoms with van der Waals surface area (Å²) < 4.78 is 13.8. The van der Waals surface area contributed by atoms with E-state index in [1.807, 2.05) is 41.5 Å². The van der Waals surface area contributed by atoms with Crippen molar-refractivity contribution in [1.82, 2.24) is 0 Å². The first kappa shape index (κ1) is 33.7. The number of carbonyl (C=O) groups excluding carboxylic acids is 5. The maximum absolute atomic E-state index is 15.5. The van der Waals surface area contributed by atoms with Crippen molar-refractivity contribution in [2.24, 2.45) is 34.0 Å². The minimum Gasteiger partial charge on any atom is -0.507 e. The van der Waals surface area contributed by atoms with Crippen LogP contribution in [0.25, 0.3) is 0 Å². The van der Waals surface area contributed by atoms with Crippen LogP contribution in [0.15, 0.2) is 22.5 Å². The highest BCUT2D eigenvalue weighted by molar-refractivity contribution is 6.51. The topological polar surface area (TPSA) is 144 Å². The highest BCUT2D eigenvalue weighted by Gasteiger charge is 2.72. The molecule has 1 aromatic rings. The van der Waals surface area contributed by atoms with Crippen LogP contribution >= 0.6 is 0 Å². The Morgan fingerprint density at radius 1 is 0.653 bits per heavy atom. The standard InChI is InChI=1S/C40H48O9/c1-17(2)19-26(42)24-23(29(45)27(19)43)39(10)16-12-14-37(7,8)34(39)35(47)40(24)48-31-20(18(3)4)25(41)21-22(32(31)49-40)38(9)15-11-13-36(5,6)33(38)30(46)28(21)44/h17-18,33-34,41-42H,11-16H2,1-10H3/t33-,34+,38-,39-,40-/m1/s1. The molecule has 9 nitrogen and oxygen atoms in total. The quantitative estimate of drug-likeness (QED) is 0.247. The number of Topliss-reactive ketones (excluding diaryl/α,β-unsaturated/α-hetero) is 5. The summed E-state index contributed by atoms with van der Waals surface area (Å²) in [6.45, 7) is 18.6. The van der Waals surface area contributed by atoms with E-state index in [2.05, 4.69) is 0 Å². The van der Waals surface area contributed by atoms with Gasteiger partial charge in [0.15, 0.2) is 11.5 Å². The summed E-state index contributed by atoms with van der Waals surface area (Å²) in [5, 5.41) is 24.1. The van der Waals surface area contributed by atoms with Gasteiger partial charge in [-0.05, 0) is 48.3 Å². The third-order valence-electron chi connectivity index (χ3n) is 13.1. The Balaban J connectivity index is 1.61. The molecule has 2 saturated carbocycles. The smallest absolute Gasteiger partial charge is 0.344 e. The zero-order valence-corrected chi connectivity index (χ0v) is 30.3. The number of hydrogen-bond donors (Lipinski definition) is 2. The van der Waals surface area contributed by atoms with Gasteiger partial charge in [-0.2, -0.15) is 0 Å². The number of aliphatic hydroxyl groups excluding tert-OH is 1. The van der Waals surface area contributed by atoms with E-state index in [0.717, 1.165) is 12.8 Å². The van der Waals surface area contributed by atoms with Crippen LogP contribution in [-0.4, -0.2) is 44.9 Å². The van der Waals surface area contributed by atoms with Gasteiger partial charge in [0.05, 0.1) is 11.1 Å². The number of ketones is 5. The highest BCUT2D eigenvalue weighted by Crippen LogP contribution is 2.68. The molecule has 1 aliphatic heterocycles. The molecule has 49 heavy (non-hydrogen) atoms. The van der Waals surface area contributed by atoms with Crippen LogP contribution < -0.4 is 9.47 Å². The first-order valence-corrected chi connectivity index (χ1v) is 17.8. The van der Waals surface area contributed by atoms with Gasteiger partial charge >= 0.3 is 5.79 Å². The summed E-state index contributed by atoms with van der Waals surface area (Å²) in [6.07, 6.45) is 3.79. The lowest BCUT2D eigenvalue weighted by Gasteiger charge is -2.56. The van der Waals surface area contributed by atoms with Gasteiger partial charge in [0, 0.05) is 44.9 Å². The van der Waals surface area contributed by atoms with Crippen molar-refractivity contribution in [2.75, 3.05) is 0 Å². The fourth-order valence-electron chi connectivity index (χ4n) is 11.4. The average Bonchev–Trinajstić information content (AvgIpc) is 3.35. The van der Waals surface area contributed by atoms with Gasteiger partial charge in [-0.25, -0.2) is 0 Å². The maximum atomic E-state index is 15.5. The van der Waals surface area contributed by atoms with Crippen molar-refractivity contribution in [1.29, 1.82) is 0 Å². The second-order valence-corrected chi connectivity index (χ2v) is 17.9. The minimum absolute atomic E-state index is 0.0305. The van der Waals surface area contributed by atoms with E-state index in [4.69, 9.17) is 9.47 Å². The van der Waals surface area contributed by atoms with Crippen molar-refractivity contribution in [3.63, 3.8) is 0 Å². The van der Waals surface area contributed by atoms with Crippen molar-refractivity contribution in [3.05, 3.63) is 39.2 Å². The summed E-state index contributed by atoms with van der Waals surface area (Å²) >= 11 is 0. The predicted octanol–water partition coefficient (Wildman–Crippen LogP) is 7.16. The van der Waals surface area contributed by atoms with Crippen LogP contribution in [0.3, 0.4) is 0 Å². The minimum atomic E-state index is -2.39. The molecule has 1 aromatic carbocycles. The van der Waals surface area contributed by atoms with Gasteiger partial charge in [0.2, 0.25) is 28.9 Å². The second-order valence-electron chi connectivity index (χ2n) is 17.9. The molecule has 5 aliphatic carbocycles. The summed E-state index contributed by atoms with van der Waals surface area (Å²) in [7, 11) is 0. The van der Waals surface area contributed by atoms with Gasteiger partial charge in [-0.3, -0.25) is 24.0 Å². The van der Waals surface area contributed by atoms with Gasteiger partial charge < -0.3 is 19.7 Å². The Morgan fingerprint density at radius 2 is 1.20 bits per heavy atom. The molecule has 0 aromatic heterocycles. The van der Waals surface area contributed by atoms with E-state index in [0.29, 0.717) is 31.2 Å². The molecule has 9 heteroatoms. The molecular weight excluding hydrogens is 624 g/mol. The summed E-state index contributed by atoms with van der Waals surface area (Å²) in [4.78, 5) is 71.7. The molecule has 0 amide bonds. The number of phenols is 1. The van der Waals surface area contributed by atoms with E-state index >= 15 is 4.79 Å². The number of carbonyl (C=O) groups is 5. The van der Waals surface area contributed by atoms with Crippen LogP contribution in [0.4, 0.5) is 0 Å². The molecule has 7 rings (SSSR count). The lowest BCUT2D eigenvalue weighted by molar-refractivity contribution is -0.170. The molecule has 1 spiro atoms. The molecule has 0 unspecified atom stereocenters. The first-order chi connectivity index (χ1) is 22.6. The van der Waals surface area contributed by atoms with Gasteiger partial charge in [-0.1, -0.05) is 82.1 Å². The van der Waals surface area contributed by atoms with E-state index < -0.39 is 85.8 Å². The monoisotopic (exact) mass is 672 g/mol. The fraction of sp³-hybridized carbons (Fsp3) is 0.625. The number of rotatable bonds is 2. The van der Waals surface area contributed by atoms with Crippen LogP contribution in [0.5, 0.6) is 17.2 Å². The SMILES string of the molecule is CC(C)C1=C(O)C2=C(C(=O)C1=O)[C@@]1(C)CCCC(C)(C)[C@@H]1C(=O)[C@@]21Oc2c(c3c(c(O)c2C(C)C)C(=O)C(=O)[C@@H]2C(C)(C)CCC[C@]32C)O1. The predicted molar refractivity (Wildman–Crippen MR) is 180 cm³/mol. The average molecular weight is 673 g/mol. The molecule has 2 fully saturated rings. The molecule has 262 valence electrons. The number of benzene rings is 1. The molecule has 0 saturated heterocycles. The Morgan fingerprint density at radius 3 is 1.78 bits per heavy atom. The van der Waals surface area contributed by atoms with Gasteiger partial charge in [0.1, 0.15) is 11.5 Å². The number of hydrogen-bond acceptors (Lipinski definition) is 9. The molecule has 5 atom stereocenters. The Labute approximate surface area is 287 Å². The molecular formula is C40H48O9. The molecule has 2 N–H and O–H groups in total. The number of phenolic OH excluding ortho intramolecular Hbond substituents is 1. The Bertz CT molecular complexity index is 1890. The molecule has 1 heterocycles. The van der Waals surface area contributed by atoms with Crippen molar-refractivity contribution >= 4 is 28.9 Å². The van der Waals surface area contributed by atoms with Gasteiger partial charge in [-0.15, -0.1) is 0 Å². The normalized spacial score (nSPS) is 34.5. The Hall–Kier alpha value is -3.75. The van der Waals surface area contributed by atoms with Crippen LogP contribution in [0.2, 0.25) is 0 Å². The molecule has 0 bridgehead atoms. The van der Waals surface area contributed by atoms with Crippen molar-refractivity contribution in [2.45, 2.75) is 125 Å². The number of allylic oxidation sites excluding steroid dienone is 2. The van der Waals surface area contributed by atoms with Crippen LogP contribution in [0.1, 0.15) is 135 Å². The van der Waals surface area contributed by atoms with Crippen molar-refractivity contribution in [3.8, 4) is 17.2 Å². The second kappa shape index (κ2) is 9.94. The summed E-state index contributed by atoms with van der Waals surface area (Å²) in [5.74, 6) is -9.18. The highest BCUT2D eigenvalue weighted by atomic mass is 16.7. The summed E-state index contributed by atoms with van der Waals surface area (Å²) in [6, 6.07) is 0. The van der Waals surface area contributed by atoms with Crippen LogP contribution in [-0.2, 0) is 24.6 Å². The van der Waals surface area contributed by atoms with Crippen LogP contribution in [0, 0.1) is 34.0 Å². The number of fused-ring (bicyclic) bond motifs is 8. The zero-order valence-electron chi connectivity index (χ0n) is 30.3. The number of aromatic hydroxyl groups is 1. The third kappa shape index (κ3) is 3.90. The maximum Gasteiger partial charge on any atom is 0.344 e. The zero-order chi connectivity index (χ0) is 36.1. The number of ether oxygens (including phenoxy) is 2.